The van der Waals surface area contributed by atoms with Gasteiger partial charge >= 0.3 is 0 Å². The minimum absolute atomic E-state index is 0.0522. The summed E-state index contributed by atoms with van der Waals surface area (Å²) in [6.45, 7) is 6.01. The van der Waals surface area contributed by atoms with E-state index in [2.05, 4.69) is 10.2 Å². The Morgan fingerprint density at radius 1 is 1.54 bits per heavy atom. The molecule has 0 bridgehead atoms. The predicted molar refractivity (Wildman–Crippen MR) is 53.3 cm³/mol. The zero-order valence-electron chi connectivity index (χ0n) is 7.90. The molecule has 0 amide bonds. The topological polar surface area (TPSA) is 78.5 Å². The Bertz CT molecular complexity index is 334. The first kappa shape index (κ1) is 10.1. The number of hydrogen-bond donors (Lipinski definition) is 3. The molecule has 0 spiro atoms. The second-order valence-corrected chi connectivity index (χ2v) is 4.29. The quantitative estimate of drug-likeness (QED) is 0.476. The normalized spacial score (nSPS) is 11.7. The van der Waals surface area contributed by atoms with Crippen LogP contribution in [-0.2, 0) is 5.41 Å². The van der Waals surface area contributed by atoms with E-state index in [9.17, 15) is 0 Å². The molecule has 1 aromatic heterocycles. The van der Waals surface area contributed by atoms with Crippen molar-refractivity contribution in [3.8, 4) is 0 Å². The van der Waals surface area contributed by atoms with Gasteiger partial charge in [0.15, 0.2) is 5.15 Å². The SMILES string of the molecule is CC(C)(C)c1[nH]nc(Cl)c1C(=N)N. The second kappa shape index (κ2) is 3.03. The van der Waals surface area contributed by atoms with E-state index in [1.807, 2.05) is 20.8 Å². The predicted octanol–water partition coefficient (Wildman–Crippen LogP) is 1.64. The average molecular weight is 201 g/mol. The van der Waals surface area contributed by atoms with Crippen molar-refractivity contribution in [2.45, 2.75) is 26.2 Å². The second-order valence-electron chi connectivity index (χ2n) is 3.93. The summed E-state index contributed by atoms with van der Waals surface area (Å²) in [5.74, 6) is -0.0522. The smallest absolute Gasteiger partial charge is 0.162 e. The molecule has 1 rings (SSSR count). The molecule has 72 valence electrons. The highest BCUT2D eigenvalue weighted by atomic mass is 35.5. The van der Waals surface area contributed by atoms with Crippen LogP contribution in [0, 0.1) is 5.41 Å². The van der Waals surface area contributed by atoms with Gasteiger partial charge in [0.2, 0.25) is 0 Å². The van der Waals surface area contributed by atoms with E-state index >= 15 is 0 Å². The van der Waals surface area contributed by atoms with Gasteiger partial charge in [0.25, 0.3) is 0 Å². The van der Waals surface area contributed by atoms with Crippen LogP contribution in [0.5, 0.6) is 0 Å². The number of hydrogen-bond acceptors (Lipinski definition) is 2. The lowest BCUT2D eigenvalue weighted by molar-refractivity contribution is 0.565. The van der Waals surface area contributed by atoms with Crippen molar-refractivity contribution in [3.05, 3.63) is 16.4 Å². The standard InChI is InChI=1S/C8H13ClN4/c1-8(2,3)5-4(7(10)11)6(9)13-12-5/h1-3H3,(H3,10,11)(H,12,13). The highest BCUT2D eigenvalue weighted by Crippen LogP contribution is 2.27. The van der Waals surface area contributed by atoms with E-state index in [4.69, 9.17) is 22.7 Å². The number of aromatic nitrogens is 2. The van der Waals surface area contributed by atoms with Gasteiger partial charge in [-0.3, -0.25) is 10.5 Å². The van der Waals surface area contributed by atoms with Crippen molar-refractivity contribution in [1.29, 1.82) is 5.41 Å². The fourth-order valence-corrected chi connectivity index (χ4v) is 1.35. The maximum absolute atomic E-state index is 7.35. The number of aromatic amines is 1. The van der Waals surface area contributed by atoms with E-state index in [0.29, 0.717) is 5.56 Å². The molecule has 0 aromatic carbocycles. The number of nitrogens with zero attached hydrogens (tertiary/aromatic N) is 1. The Kier molecular flexibility index (Phi) is 2.34. The van der Waals surface area contributed by atoms with E-state index in [1.54, 1.807) is 0 Å². The van der Waals surface area contributed by atoms with Gasteiger partial charge in [-0.2, -0.15) is 5.10 Å². The lowest BCUT2D eigenvalue weighted by Crippen LogP contribution is -2.20. The van der Waals surface area contributed by atoms with Gasteiger partial charge in [0, 0.05) is 5.41 Å². The van der Waals surface area contributed by atoms with Crippen LogP contribution in [-0.4, -0.2) is 16.0 Å². The Morgan fingerprint density at radius 2 is 2.08 bits per heavy atom. The molecule has 0 radical (unpaired) electrons. The van der Waals surface area contributed by atoms with Gasteiger partial charge < -0.3 is 5.73 Å². The molecule has 0 saturated heterocycles. The first-order chi connectivity index (χ1) is 5.84. The van der Waals surface area contributed by atoms with E-state index in [-0.39, 0.29) is 16.4 Å². The molecule has 0 aliphatic rings. The van der Waals surface area contributed by atoms with Gasteiger partial charge in [0.05, 0.1) is 11.3 Å². The fourth-order valence-electron chi connectivity index (χ4n) is 1.11. The highest BCUT2D eigenvalue weighted by Gasteiger charge is 2.24. The monoisotopic (exact) mass is 200 g/mol. The molecule has 0 atom stereocenters. The summed E-state index contributed by atoms with van der Waals surface area (Å²) in [6.07, 6.45) is 0. The van der Waals surface area contributed by atoms with Gasteiger partial charge in [-0.05, 0) is 0 Å². The Labute approximate surface area is 82.0 Å². The van der Waals surface area contributed by atoms with E-state index in [0.717, 1.165) is 5.69 Å². The van der Waals surface area contributed by atoms with Crippen molar-refractivity contribution in [3.63, 3.8) is 0 Å². The molecule has 0 unspecified atom stereocenters. The molecule has 13 heavy (non-hydrogen) atoms. The largest absolute Gasteiger partial charge is 0.384 e. The van der Waals surface area contributed by atoms with Crippen LogP contribution >= 0.6 is 11.6 Å². The van der Waals surface area contributed by atoms with Crippen LogP contribution in [0.1, 0.15) is 32.0 Å². The number of halogens is 1. The first-order valence-electron chi connectivity index (χ1n) is 3.92. The van der Waals surface area contributed by atoms with Crippen molar-refractivity contribution >= 4 is 17.4 Å². The third kappa shape index (κ3) is 1.83. The average Bonchev–Trinajstić information content (AvgIpc) is 2.28. The molecule has 0 aliphatic heterocycles. The Morgan fingerprint density at radius 3 is 2.38 bits per heavy atom. The Hall–Kier alpha value is -1.03. The molecule has 0 fully saturated rings. The zero-order valence-corrected chi connectivity index (χ0v) is 8.66. The van der Waals surface area contributed by atoms with E-state index in [1.165, 1.54) is 0 Å². The third-order valence-electron chi connectivity index (χ3n) is 1.74. The van der Waals surface area contributed by atoms with Crippen molar-refractivity contribution < 1.29 is 0 Å². The summed E-state index contributed by atoms with van der Waals surface area (Å²) < 4.78 is 0. The minimum Gasteiger partial charge on any atom is -0.384 e. The van der Waals surface area contributed by atoms with Crippen LogP contribution in [0.25, 0.3) is 0 Å². The van der Waals surface area contributed by atoms with Crippen LogP contribution in [0.3, 0.4) is 0 Å². The summed E-state index contributed by atoms with van der Waals surface area (Å²) >= 11 is 5.78. The molecule has 1 heterocycles. The molecule has 0 saturated carbocycles. The van der Waals surface area contributed by atoms with Crippen molar-refractivity contribution in [1.82, 2.24) is 10.2 Å². The summed E-state index contributed by atoms with van der Waals surface area (Å²) in [5.41, 5.74) is 6.56. The van der Waals surface area contributed by atoms with Gasteiger partial charge in [-0.1, -0.05) is 32.4 Å². The molecule has 0 aliphatic carbocycles. The summed E-state index contributed by atoms with van der Waals surface area (Å²) in [6, 6.07) is 0. The van der Waals surface area contributed by atoms with Crippen LogP contribution in [0.4, 0.5) is 0 Å². The number of nitrogens with one attached hydrogen (secondary N) is 2. The number of nitrogen functional groups attached to an aromatic ring is 1. The van der Waals surface area contributed by atoms with Gasteiger partial charge in [-0.15, -0.1) is 0 Å². The third-order valence-corrected chi connectivity index (χ3v) is 2.01. The molecule has 5 heteroatoms. The van der Waals surface area contributed by atoms with E-state index < -0.39 is 0 Å². The number of H-pyrrole nitrogens is 1. The maximum Gasteiger partial charge on any atom is 0.162 e. The van der Waals surface area contributed by atoms with Crippen molar-refractivity contribution in [2.75, 3.05) is 0 Å². The lowest BCUT2D eigenvalue weighted by atomic mass is 9.89. The van der Waals surface area contributed by atoms with Gasteiger partial charge in [0.1, 0.15) is 5.84 Å². The maximum atomic E-state index is 7.35. The first-order valence-corrected chi connectivity index (χ1v) is 4.30. The summed E-state index contributed by atoms with van der Waals surface area (Å²) in [5, 5.41) is 14.2. The summed E-state index contributed by atoms with van der Waals surface area (Å²) in [4.78, 5) is 0. The minimum atomic E-state index is -0.138. The molecular formula is C8H13ClN4. The van der Waals surface area contributed by atoms with Gasteiger partial charge in [-0.25, -0.2) is 0 Å². The zero-order chi connectivity index (χ0) is 10.2. The molecule has 4 nitrogen and oxygen atoms in total. The highest BCUT2D eigenvalue weighted by molar-refractivity contribution is 6.33. The van der Waals surface area contributed by atoms with Crippen LogP contribution < -0.4 is 5.73 Å². The number of rotatable bonds is 1. The molecular weight excluding hydrogens is 188 g/mol. The molecule has 1 aromatic rings. The molecule has 4 N–H and O–H groups in total. The summed E-state index contributed by atoms with van der Waals surface area (Å²) in [7, 11) is 0. The van der Waals surface area contributed by atoms with Crippen molar-refractivity contribution in [2.24, 2.45) is 5.73 Å². The van der Waals surface area contributed by atoms with Crippen LogP contribution in [0.15, 0.2) is 0 Å². The fraction of sp³-hybridized carbons (Fsp3) is 0.500. The van der Waals surface area contributed by atoms with Crippen LogP contribution in [0.2, 0.25) is 5.15 Å². The Balaban J connectivity index is 3.31. The lowest BCUT2D eigenvalue weighted by Gasteiger charge is -2.17. The number of nitrogens with two attached hydrogens (primary N) is 1. The number of amidine groups is 1.